The van der Waals surface area contributed by atoms with Gasteiger partial charge in [-0.2, -0.15) is 0 Å². The number of guanidine groups is 1. The zero-order valence-electron chi connectivity index (χ0n) is 8.09. The van der Waals surface area contributed by atoms with E-state index in [2.05, 4.69) is 29.2 Å². The van der Waals surface area contributed by atoms with Crippen LogP contribution in [0.2, 0.25) is 0 Å². The fourth-order valence-electron chi connectivity index (χ4n) is 1.76. The predicted octanol–water partition coefficient (Wildman–Crippen LogP) is 0.310. The standard InChI is InChI=1S/C8H18N4/c1-8(2)5-4-6-12(8)7(10-3)11-9/h4-6,9H2,1-3H3,(H,10,11). The third-order valence-corrected chi connectivity index (χ3v) is 2.50. The second-order valence-corrected chi connectivity index (χ2v) is 3.76. The average Bonchev–Trinajstić information content (AvgIpc) is 2.34. The lowest BCUT2D eigenvalue weighted by molar-refractivity contribution is 0.273. The second kappa shape index (κ2) is 3.31. The van der Waals surface area contributed by atoms with Gasteiger partial charge >= 0.3 is 0 Å². The summed E-state index contributed by atoms with van der Waals surface area (Å²) in [6.45, 7) is 5.47. The first-order chi connectivity index (χ1) is 5.61. The molecule has 4 nitrogen and oxygen atoms in total. The van der Waals surface area contributed by atoms with E-state index < -0.39 is 0 Å². The molecule has 0 bridgehead atoms. The van der Waals surface area contributed by atoms with Crippen molar-refractivity contribution in [2.75, 3.05) is 13.6 Å². The zero-order chi connectivity index (χ0) is 9.19. The molecule has 1 fully saturated rings. The summed E-state index contributed by atoms with van der Waals surface area (Å²) in [6.07, 6.45) is 2.42. The van der Waals surface area contributed by atoms with Crippen molar-refractivity contribution >= 4 is 5.96 Å². The first-order valence-corrected chi connectivity index (χ1v) is 4.33. The minimum atomic E-state index is 0.196. The smallest absolute Gasteiger partial charge is 0.208 e. The van der Waals surface area contributed by atoms with Gasteiger partial charge in [0, 0.05) is 19.1 Å². The summed E-state index contributed by atoms with van der Waals surface area (Å²) in [5, 5.41) is 0. The van der Waals surface area contributed by atoms with Crippen LogP contribution in [0.1, 0.15) is 26.7 Å². The van der Waals surface area contributed by atoms with Gasteiger partial charge in [0.1, 0.15) is 0 Å². The van der Waals surface area contributed by atoms with Gasteiger partial charge < -0.3 is 4.90 Å². The summed E-state index contributed by atoms with van der Waals surface area (Å²) in [6, 6.07) is 0. The van der Waals surface area contributed by atoms with Crippen LogP contribution in [0.15, 0.2) is 4.99 Å². The molecule has 1 saturated heterocycles. The molecule has 1 aliphatic rings. The summed E-state index contributed by atoms with van der Waals surface area (Å²) in [7, 11) is 1.75. The Balaban J connectivity index is 2.74. The Morgan fingerprint density at radius 3 is 2.58 bits per heavy atom. The molecule has 12 heavy (non-hydrogen) atoms. The molecular formula is C8H18N4. The molecule has 0 aromatic heterocycles. The van der Waals surface area contributed by atoms with Crippen molar-refractivity contribution in [3.8, 4) is 0 Å². The van der Waals surface area contributed by atoms with E-state index in [-0.39, 0.29) is 5.54 Å². The minimum absolute atomic E-state index is 0.196. The SMILES string of the molecule is CN=C(NN)N1CCCC1(C)C. The van der Waals surface area contributed by atoms with E-state index in [9.17, 15) is 0 Å². The molecule has 4 heteroatoms. The van der Waals surface area contributed by atoms with Crippen LogP contribution < -0.4 is 11.3 Å². The van der Waals surface area contributed by atoms with Gasteiger partial charge in [-0.1, -0.05) is 0 Å². The molecule has 0 unspecified atom stereocenters. The average molecular weight is 170 g/mol. The van der Waals surface area contributed by atoms with Gasteiger partial charge in [0.25, 0.3) is 0 Å². The number of likely N-dealkylation sites (tertiary alicyclic amines) is 1. The number of hydrogen-bond donors (Lipinski definition) is 2. The van der Waals surface area contributed by atoms with Crippen LogP contribution in [0.4, 0.5) is 0 Å². The van der Waals surface area contributed by atoms with E-state index >= 15 is 0 Å². The molecule has 0 spiro atoms. The molecule has 1 aliphatic heterocycles. The fraction of sp³-hybridized carbons (Fsp3) is 0.875. The monoisotopic (exact) mass is 170 g/mol. The lowest BCUT2D eigenvalue weighted by atomic mass is 10.0. The van der Waals surface area contributed by atoms with E-state index in [1.165, 1.54) is 12.8 Å². The van der Waals surface area contributed by atoms with E-state index in [0.29, 0.717) is 0 Å². The second-order valence-electron chi connectivity index (χ2n) is 3.76. The maximum atomic E-state index is 5.36. The minimum Gasteiger partial charge on any atom is -0.337 e. The number of hydrazine groups is 1. The molecule has 0 aromatic carbocycles. The van der Waals surface area contributed by atoms with Crippen molar-refractivity contribution in [1.29, 1.82) is 0 Å². The number of rotatable bonds is 0. The number of hydrogen-bond acceptors (Lipinski definition) is 2. The van der Waals surface area contributed by atoms with Gasteiger partial charge in [-0.25, -0.2) is 5.84 Å². The maximum Gasteiger partial charge on any atom is 0.208 e. The van der Waals surface area contributed by atoms with Gasteiger partial charge in [-0.3, -0.25) is 10.4 Å². The molecule has 0 aliphatic carbocycles. The van der Waals surface area contributed by atoms with Crippen LogP contribution in [0.5, 0.6) is 0 Å². The molecule has 0 saturated carbocycles. The first kappa shape index (κ1) is 9.32. The molecular weight excluding hydrogens is 152 g/mol. The normalized spacial score (nSPS) is 23.0. The maximum absolute atomic E-state index is 5.36. The quantitative estimate of drug-likeness (QED) is 0.238. The number of nitrogens with two attached hydrogens (primary N) is 1. The van der Waals surface area contributed by atoms with Gasteiger partial charge in [0.15, 0.2) is 0 Å². The van der Waals surface area contributed by atoms with Gasteiger partial charge in [-0.15, -0.1) is 0 Å². The number of nitrogens with zero attached hydrogens (tertiary/aromatic N) is 2. The van der Waals surface area contributed by atoms with E-state index in [4.69, 9.17) is 5.84 Å². The largest absolute Gasteiger partial charge is 0.337 e. The summed E-state index contributed by atoms with van der Waals surface area (Å²) >= 11 is 0. The highest BCUT2D eigenvalue weighted by molar-refractivity contribution is 5.80. The summed E-state index contributed by atoms with van der Waals surface area (Å²) in [5.74, 6) is 6.15. The van der Waals surface area contributed by atoms with Crippen molar-refractivity contribution in [3.05, 3.63) is 0 Å². The van der Waals surface area contributed by atoms with Crippen LogP contribution in [0.3, 0.4) is 0 Å². The van der Waals surface area contributed by atoms with Crippen molar-refractivity contribution in [1.82, 2.24) is 10.3 Å². The summed E-state index contributed by atoms with van der Waals surface area (Å²) < 4.78 is 0. The molecule has 0 atom stereocenters. The van der Waals surface area contributed by atoms with Gasteiger partial charge in [0.2, 0.25) is 5.96 Å². The summed E-state index contributed by atoms with van der Waals surface area (Å²) in [4.78, 5) is 6.31. The summed E-state index contributed by atoms with van der Waals surface area (Å²) in [5.41, 5.74) is 2.82. The van der Waals surface area contributed by atoms with E-state index in [1.807, 2.05) is 0 Å². The third kappa shape index (κ3) is 1.53. The Kier molecular flexibility index (Phi) is 2.57. The van der Waals surface area contributed by atoms with Crippen LogP contribution in [-0.2, 0) is 0 Å². The highest BCUT2D eigenvalue weighted by Gasteiger charge is 2.33. The topological polar surface area (TPSA) is 53.6 Å². The molecule has 3 N–H and O–H groups in total. The lowest BCUT2D eigenvalue weighted by Gasteiger charge is -2.33. The Labute approximate surface area is 73.8 Å². The predicted molar refractivity (Wildman–Crippen MR) is 50.7 cm³/mol. The molecule has 1 heterocycles. The van der Waals surface area contributed by atoms with Gasteiger partial charge in [0.05, 0.1) is 0 Å². The Morgan fingerprint density at radius 1 is 1.58 bits per heavy atom. The highest BCUT2D eigenvalue weighted by atomic mass is 15.4. The molecule has 70 valence electrons. The Bertz CT molecular complexity index is 185. The lowest BCUT2D eigenvalue weighted by Crippen LogP contribution is -2.51. The van der Waals surface area contributed by atoms with Crippen molar-refractivity contribution in [2.45, 2.75) is 32.2 Å². The Morgan fingerprint density at radius 2 is 2.25 bits per heavy atom. The van der Waals surface area contributed by atoms with Crippen molar-refractivity contribution < 1.29 is 0 Å². The molecule has 0 aromatic rings. The molecule has 1 rings (SSSR count). The third-order valence-electron chi connectivity index (χ3n) is 2.50. The van der Waals surface area contributed by atoms with Crippen LogP contribution in [0.25, 0.3) is 0 Å². The van der Waals surface area contributed by atoms with Crippen molar-refractivity contribution in [2.24, 2.45) is 10.8 Å². The Hall–Kier alpha value is -0.770. The van der Waals surface area contributed by atoms with Crippen molar-refractivity contribution in [3.63, 3.8) is 0 Å². The fourth-order valence-corrected chi connectivity index (χ4v) is 1.76. The van der Waals surface area contributed by atoms with Crippen LogP contribution >= 0.6 is 0 Å². The van der Waals surface area contributed by atoms with Crippen LogP contribution in [0, 0.1) is 0 Å². The molecule has 0 amide bonds. The van der Waals surface area contributed by atoms with Crippen LogP contribution in [-0.4, -0.2) is 30.0 Å². The number of nitrogens with one attached hydrogen (secondary N) is 1. The highest BCUT2D eigenvalue weighted by Crippen LogP contribution is 2.27. The van der Waals surface area contributed by atoms with Gasteiger partial charge in [-0.05, 0) is 26.7 Å². The first-order valence-electron chi connectivity index (χ1n) is 4.33. The zero-order valence-corrected chi connectivity index (χ0v) is 8.09. The molecule has 0 radical (unpaired) electrons. The van der Waals surface area contributed by atoms with E-state index in [0.717, 1.165) is 12.5 Å². The number of aliphatic imine (C=N–C) groups is 1. The van der Waals surface area contributed by atoms with E-state index in [1.54, 1.807) is 7.05 Å².